The van der Waals surface area contributed by atoms with Gasteiger partial charge in [0.2, 0.25) is 5.91 Å². The molecule has 0 bridgehead atoms. The molecule has 27 heavy (non-hydrogen) atoms. The van der Waals surface area contributed by atoms with Gasteiger partial charge in [0.15, 0.2) is 0 Å². The number of carbonyl (C=O) groups is 2. The summed E-state index contributed by atoms with van der Waals surface area (Å²) in [4.78, 5) is 26.2. The molecule has 3 aliphatic rings. The number of rotatable bonds is 2. The summed E-state index contributed by atoms with van der Waals surface area (Å²) in [6, 6.07) is 13.2. The van der Waals surface area contributed by atoms with Crippen LogP contribution in [0.25, 0.3) is 0 Å². The van der Waals surface area contributed by atoms with E-state index >= 15 is 0 Å². The minimum Gasteiger partial charge on any atom is -0.325 e. The Morgan fingerprint density at radius 1 is 0.963 bits per heavy atom. The highest BCUT2D eigenvalue weighted by atomic mass is 35.5. The molecule has 2 aromatic carbocycles. The Morgan fingerprint density at radius 2 is 1.74 bits per heavy atom. The number of nitrogens with one attached hydrogen (secondary N) is 1. The van der Waals surface area contributed by atoms with Crippen molar-refractivity contribution in [3.05, 3.63) is 63.6 Å². The summed E-state index contributed by atoms with van der Waals surface area (Å²) in [5, 5.41) is 4.29. The third kappa shape index (κ3) is 2.55. The van der Waals surface area contributed by atoms with Gasteiger partial charge in [0.1, 0.15) is 5.78 Å². The molecule has 1 spiro atoms. The van der Waals surface area contributed by atoms with Gasteiger partial charge < -0.3 is 5.32 Å². The molecule has 138 valence electrons. The van der Waals surface area contributed by atoms with Gasteiger partial charge in [-0.15, -0.1) is 0 Å². The van der Waals surface area contributed by atoms with E-state index in [0.29, 0.717) is 28.8 Å². The lowest BCUT2D eigenvalue weighted by molar-refractivity contribution is -0.131. The smallest absolute Gasteiger partial charge is 0.236 e. The third-order valence-corrected chi connectivity index (χ3v) is 6.98. The first-order valence-electron chi connectivity index (χ1n) is 9.39. The number of anilines is 1. The predicted octanol–water partition coefficient (Wildman–Crippen LogP) is 5.36. The fraction of sp³-hybridized carbons (Fsp3) is 0.364. The zero-order valence-electron chi connectivity index (χ0n) is 14.7. The summed E-state index contributed by atoms with van der Waals surface area (Å²) < 4.78 is 0. The average molecular weight is 400 g/mol. The molecule has 2 aromatic rings. The standard InChI is InChI=1S/C22H19Cl2NO2/c23-14-3-1-2-13(8-14)19-11-16(26)10-18(12-4-5-12)22(19)17-7-6-15(24)9-20(17)25-21(22)27/h1-3,6-9,12,18-19H,4-5,10-11H2,(H,25,27). The molecule has 0 radical (unpaired) electrons. The molecule has 1 N–H and O–H groups in total. The van der Waals surface area contributed by atoms with Crippen molar-refractivity contribution in [3.8, 4) is 0 Å². The van der Waals surface area contributed by atoms with Crippen LogP contribution < -0.4 is 5.32 Å². The number of halogens is 2. The van der Waals surface area contributed by atoms with Gasteiger partial charge in [0.05, 0.1) is 5.41 Å². The monoisotopic (exact) mass is 399 g/mol. The lowest BCUT2D eigenvalue weighted by Gasteiger charge is -2.46. The van der Waals surface area contributed by atoms with Gasteiger partial charge in [-0.05, 0) is 60.1 Å². The molecule has 2 saturated carbocycles. The Morgan fingerprint density at radius 3 is 2.48 bits per heavy atom. The summed E-state index contributed by atoms with van der Waals surface area (Å²) in [6.45, 7) is 0. The SMILES string of the molecule is O=C1CC(c2cccc(Cl)c2)C2(C(=O)Nc3cc(Cl)ccc32)C(C2CC2)C1. The fourth-order valence-electron chi connectivity index (χ4n) is 5.32. The lowest BCUT2D eigenvalue weighted by atomic mass is 9.54. The normalized spacial score (nSPS) is 29.7. The van der Waals surface area contributed by atoms with Crippen LogP contribution in [0.1, 0.15) is 42.7 Å². The number of fused-ring (bicyclic) bond motifs is 2. The number of carbonyl (C=O) groups excluding carboxylic acids is 2. The van der Waals surface area contributed by atoms with Crippen LogP contribution in [0.5, 0.6) is 0 Å². The van der Waals surface area contributed by atoms with Crippen molar-refractivity contribution in [2.75, 3.05) is 5.32 Å². The quantitative estimate of drug-likeness (QED) is 0.738. The maximum Gasteiger partial charge on any atom is 0.236 e. The van der Waals surface area contributed by atoms with E-state index < -0.39 is 5.41 Å². The van der Waals surface area contributed by atoms with Crippen molar-refractivity contribution in [2.24, 2.45) is 11.8 Å². The minimum absolute atomic E-state index is 0.00542. The van der Waals surface area contributed by atoms with Crippen molar-refractivity contribution in [3.63, 3.8) is 0 Å². The lowest BCUT2D eigenvalue weighted by Crippen LogP contribution is -2.52. The van der Waals surface area contributed by atoms with E-state index in [9.17, 15) is 9.59 Å². The minimum atomic E-state index is -0.736. The average Bonchev–Trinajstić information content (AvgIpc) is 3.42. The molecule has 1 heterocycles. The van der Waals surface area contributed by atoms with Crippen LogP contribution in [-0.4, -0.2) is 11.7 Å². The van der Waals surface area contributed by atoms with Crippen molar-refractivity contribution >= 4 is 40.6 Å². The van der Waals surface area contributed by atoms with Crippen LogP contribution in [0.4, 0.5) is 5.69 Å². The van der Waals surface area contributed by atoms with Crippen LogP contribution in [0, 0.1) is 11.8 Å². The summed E-state index contributed by atoms with van der Waals surface area (Å²) >= 11 is 12.4. The van der Waals surface area contributed by atoms with Crippen LogP contribution in [0.3, 0.4) is 0 Å². The van der Waals surface area contributed by atoms with Crippen molar-refractivity contribution in [1.82, 2.24) is 0 Å². The van der Waals surface area contributed by atoms with Gasteiger partial charge in [-0.3, -0.25) is 9.59 Å². The maximum absolute atomic E-state index is 13.5. The van der Waals surface area contributed by atoms with E-state index in [0.717, 1.165) is 29.7 Å². The summed E-state index contributed by atoms with van der Waals surface area (Å²) in [6.07, 6.45) is 2.99. The molecule has 3 unspecified atom stereocenters. The molecule has 2 aliphatic carbocycles. The third-order valence-electron chi connectivity index (χ3n) is 6.51. The van der Waals surface area contributed by atoms with Gasteiger partial charge >= 0.3 is 0 Å². The number of hydrogen-bond acceptors (Lipinski definition) is 2. The molecule has 2 fully saturated rings. The largest absolute Gasteiger partial charge is 0.325 e. The Labute approximate surface area is 168 Å². The van der Waals surface area contributed by atoms with Gasteiger partial charge in [-0.2, -0.15) is 0 Å². The van der Waals surface area contributed by atoms with Crippen molar-refractivity contribution < 1.29 is 9.59 Å². The van der Waals surface area contributed by atoms with Gasteiger partial charge in [-0.1, -0.05) is 41.4 Å². The molecule has 0 saturated heterocycles. The highest BCUT2D eigenvalue weighted by Gasteiger charge is 2.63. The Bertz CT molecular complexity index is 969. The summed E-state index contributed by atoms with van der Waals surface area (Å²) in [5.74, 6) is 0.450. The topological polar surface area (TPSA) is 46.2 Å². The molecule has 1 amide bonds. The van der Waals surface area contributed by atoms with Crippen LogP contribution in [0.15, 0.2) is 42.5 Å². The second-order valence-electron chi connectivity index (χ2n) is 8.01. The van der Waals surface area contributed by atoms with Crippen LogP contribution >= 0.6 is 23.2 Å². The van der Waals surface area contributed by atoms with Crippen LogP contribution in [-0.2, 0) is 15.0 Å². The van der Waals surface area contributed by atoms with E-state index in [1.807, 2.05) is 42.5 Å². The van der Waals surface area contributed by atoms with Crippen molar-refractivity contribution in [2.45, 2.75) is 37.0 Å². The molecule has 5 heteroatoms. The number of benzene rings is 2. The van der Waals surface area contributed by atoms with Crippen molar-refractivity contribution in [1.29, 1.82) is 0 Å². The van der Waals surface area contributed by atoms with Gasteiger partial charge in [0.25, 0.3) is 0 Å². The second kappa shape index (κ2) is 6.08. The Hall–Kier alpha value is -1.84. The first-order valence-corrected chi connectivity index (χ1v) is 10.1. The van der Waals surface area contributed by atoms with E-state index in [4.69, 9.17) is 23.2 Å². The Balaban J connectivity index is 1.76. The molecule has 0 aromatic heterocycles. The molecular formula is C22H19Cl2NO2. The highest BCUT2D eigenvalue weighted by Crippen LogP contribution is 2.62. The zero-order valence-corrected chi connectivity index (χ0v) is 16.2. The fourth-order valence-corrected chi connectivity index (χ4v) is 5.69. The first kappa shape index (κ1) is 17.3. The van der Waals surface area contributed by atoms with Crippen LogP contribution in [0.2, 0.25) is 10.0 Å². The second-order valence-corrected chi connectivity index (χ2v) is 8.88. The van der Waals surface area contributed by atoms with E-state index in [1.165, 1.54) is 0 Å². The summed E-state index contributed by atoms with van der Waals surface area (Å²) in [5.41, 5.74) is 1.98. The zero-order chi connectivity index (χ0) is 18.8. The molecular weight excluding hydrogens is 381 g/mol. The van der Waals surface area contributed by atoms with E-state index in [-0.39, 0.29) is 23.5 Å². The predicted molar refractivity (Wildman–Crippen MR) is 106 cm³/mol. The molecule has 3 nitrogen and oxygen atoms in total. The van der Waals surface area contributed by atoms with E-state index in [2.05, 4.69) is 5.32 Å². The molecule has 5 rings (SSSR count). The van der Waals surface area contributed by atoms with E-state index in [1.54, 1.807) is 0 Å². The summed E-state index contributed by atoms with van der Waals surface area (Å²) in [7, 11) is 0. The van der Waals surface area contributed by atoms with Gasteiger partial charge in [-0.25, -0.2) is 0 Å². The number of ketones is 1. The Kier molecular flexibility index (Phi) is 3.89. The highest BCUT2D eigenvalue weighted by molar-refractivity contribution is 6.31. The number of amides is 1. The molecule has 1 aliphatic heterocycles. The first-order chi connectivity index (χ1) is 13.0. The number of Topliss-reactive ketones (excluding diaryl/α,β-unsaturated/α-hetero) is 1. The van der Waals surface area contributed by atoms with Gasteiger partial charge in [0, 0.05) is 34.5 Å². The maximum atomic E-state index is 13.5. The number of hydrogen-bond donors (Lipinski definition) is 1. The molecule has 3 atom stereocenters.